The van der Waals surface area contributed by atoms with Crippen LogP contribution in [0.4, 0.5) is 5.69 Å². The van der Waals surface area contributed by atoms with Gasteiger partial charge in [0.2, 0.25) is 0 Å². The van der Waals surface area contributed by atoms with Crippen molar-refractivity contribution in [3.05, 3.63) is 34.3 Å². The van der Waals surface area contributed by atoms with E-state index in [1.54, 1.807) is 0 Å². The first kappa shape index (κ1) is 6.86. The molecule has 0 bridgehead atoms. The SMILES string of the molecule is [CH2]c1ccc(N)c(I)c1. The summed E-state index contributed by atoms with van der Waals surface area (Å²) in [5.41, 5.74) is 7.38. The zero-order chi connectivity index (χ0) is 6.85. The van der Waals surface area contributed by atoms with Gasteiger partial charge in [0.05, 0.1) is 0 Å². The van der Waals surface area contributed by atoms with Crippen LogP contribution in [-0.4, -0.2) is 0 Å². The Balaban J connectivity index is 3.17. The monoisotopic (exact) mass is 232 g/mol. The van der Waals surface area contributed by atoms with Gasteiger partial charge in [-0.05, 0) is 47.2 Å². The number of nitrogens with two attached hydrogens (primary N) is 1. The summed E-state index contributed by atoms with van der Waals surface area (Å²) < 4.78 is 1.07. The molecule has 0 amide bonds. The lowest BCUT2D eigenvalue weighted by atomic mass is 10.2. The van der Waals surface area contributed by atoms with Gasteiger partial charge >= 0.3 is 0 Å². The summed E-state index contributed by atoms with van der Waals surface area (Å²) in [5, 5.41) is 0. The predicted octanol–water partition coefficient (Wildman–Crippen LogP) is 2.06. The van der Waals surface area contributed by atoms with Crippen molar-refractivity contribution in [3.63, 3.8) is 0 Å². The van der Waals surface area contributed by atoms with Crippen LogP contribution in [0.15, 0.2) is 18.2 Å². The molecule has 1 rings (SSSR count). The molecular formula is C7H7IN. The fraction of sp³-hybridized carbons (Fsp3) is 0. The van der Waals surface area contributed by atoms with Gasteiger partial charge in [-0.25, -0.2) is 0 Å². The van der Waals surface area contributed by atoms with Crippen LogP contribution in [0.2, 0.25) is 0 Å². The molecule has 0 aliphatic rings. The fourth-order valence-electron chi connectivity index (χ4n) is 0.571. The van der Waals surface area contributed by atoms with Gasteiger partial charge in [-0.2, -0.15) is 0 Å². The molecule has 9 heavy (non-hydrogen) atoms. The Morgan fingerprint density at radius 3 is 2.56 bits per heavy atom. The highest BCUT2D eigenvalue weighted by Gasteiger charge is 1.91. The van der Waals surface area contributed by atoms with E-state index < -0.39 is 0 Å². The number of halogens is 1. The molecule has 0 spiro atoms. The minimum atomic E-state index is 0.822. The Morgan fingerprint density at radius 1 is 1.44 bits per heavy atom. The second-order valence-electron chi connectivity index (χ2n) is 1.86. The van der Waals surface area contributed by atoms with Gasteiger partial charge < -0.3 is 5.73 Å². The number of hydrogen-bond donors (Lipinski definition) is 1. The summed E-state index contributed by atoms with van der Waals surface area (Å²) in [6.45, 7) is 3.76. The van der Waals surface area contributed by atoms with Crippen molar-refractivity contribution in [1.82, 2.24) is 0 Å². The summed E-state index contributed by atoms with van der Waals surface area (Å²) >= 11 is 2.18. The normalized spacial score (nSPS) is 9.56. The van der Waals surface area contributed by atoms with Gasteiger partial charge in [0, 0.05) is 9.26 Å². The van der Waals surface area contributed by atoms with Crippen LogP contribution in [0.25, 0.3) is 0 Å². The molecule has 0 fully saturated rings. The Bertz CT molecular complexity index is 220. The van der Waals surface area contributed by atoms with Crippen molar-refractivity contribution in [3.8, 4) is 0 Å². The smallest absolute Gasteiger partial charge is 0.0449 e. The van der Waals surface area contributed by atoms with Gasteiger partial charge in [0.15, 0.2) is 0 Å². The molecule has 0 aromatic heterocycles. The first-order valence-corrected chi connectivity index (χ1v) is 3.65. The zero-order valence-corrected chi connectivity index (χ0v) is 7.05. The van der Waals surface area contributed by atoms with E-state index in [0.29, 0.717) is 0 Å². The van der Waals surface area contributed by atoms with Crippen LogP contribution in [0, 0.1) is 10.5 Å². The third-order valence-electron chi connectivity index (χ3n) is 1.06. The van der Waals surface area contributed by atoms with Crippen molar-refractivity contribution >= 4 is 28.3 Å². The largest absolute Gasteiger partial charge is 0.398 e. The van der Waals surface area contributed by atoms with Crippen LogP contribution in [0.3, 0.4) is 0 Å². The van der Waals surface area contributed by atoms with E-state index in [1.807, 2.05) is 18.2 Å². The van der Waals surface area contributed by atoms with Gasteiger partial charge in [0.25, 0.3) is 0 Å². The minimum absolute atomic E-state index is 0.822. The van der Waals surface area contributed by atoms with Crippen LogP contribution in [-0.2, 0) is 0 Å². The number of benzene rings is 1. The predicted molar refractivity (Wildman–Crippen MR) is 48.0 cm³/mol. The van der Waals surface area contributed by atoms with Crippen LogP contribution in [0.5, 0.6) is 0 Å². The maximum absolute atomic E-state index is 5.55. The average molecular weight is 232 g/mol. The molecule has 0 aliphatic heterocycles. The van der Waals surface area contributed by atoms with E-state index in [0.717, 1.165) is 14.8 Å². The first-order chi connectivity index (χ1) is 4.20. The van der Waals surface area contributed by atoms with E-state index >= 15 is 0 Å². The highest BCUT2D eigenvalue weighted by atomic mass is 127. The van der Waals surface area contributed by atoms with Gasteiger partial charge in [0.1, 0.15) is 0 Å². The van der Waals surface area contributed by atoms with Gasteiger partial charge in [-0.1, -0.05) is 6.07 Å². The first-order valence-electron chi connectivity index (χ1n) is 2.57. The van der Waals surface area contributed by atoms with E-state index in [1.165, 1.54) is 0 Å². The van der Waals surface area contributed by atoms with Crippen molar-refractivity contribution < 1.29 is 0 Å². The second kappa shape index (κ2) is 2.56. The summed E-state index contributed by atoms with van der Waals surface area (Å²) in [5.74, 6) is 0. The van der Waals surface area contributed by atoms with Crippen molar-refractivity contribution in [2.45, 2.75) is 0 Å². The average Bonchev–Trinajstić information content (AvgIpc) is 1.80. The van der Waals surface area contributed by atoms with Crippen LogP contribution >= 0.6 is 22.6 Å². The van der Waals surface area contributed by atoms with Crippen molar-refractivity contribution in [2.24, 2.45) is 0 Å². The molecule has 0 saturated heterocycles. The molecule has 47 valence electrons. The van der Waals surface area contributed by atoms with E-state index in [-0.39, 0.29) is 0 Å². The van der Waals surface area contributed by atoms with Gasteiger partial charge in [-0.15, -0.1) is 0 Å². The molecular weight excluding hydrogens is 225 g/mol. The molecule has 0 unspecified atom stereocenters. The van der Waals surface area contributed by atoms with Crippen LogP contribution < -0.4 is 5.73 Å². The number of hydrogen-bond acceptors (Lipinski definition) is 1. The Labute approximate surface area is 68.4 Å². The van der Waals surface area contributed by atoms with E-state index in [9.17, 15) is 0 Å². The Morgan fingerprint density at radius 2 is 2.11 bits per heavy atom. The molecule has 0 heterocycles. The van der Waals surface area contributed by atoms with Gasteiger partial charge in [-0.3, -0.25) is 0 Å². The standard InChI is InChI=1S/C7H7IN/c1-5-2-3-7(9)6(8)4-5/h2-4H,1,9H2. The lowest BCUT2D eigenvalue weighted by Gasteiger charge is -1.96. The zero-order valence-electron chi connectivity index (χ0n) is 4.89. The minimum Gasteiger partial charge on any atom is -0.398 e. The Kier molecular flexibility index (Phi) is 1.95. The molecule has 0 saturated carbocycles. The lowest BCUT2D eigenvalue weighted by molar-refractivity contribution is 1.56. The molecule has 0 aliphatic carbocycles. The topological polar surface area (TPSA) is 26.0 Å². The molecule has 0 atom stereocenters. The quantitative estimate of drug-likeness (QED) is 0.537. The summed E-state index contributed by atoms with van der Waals surface area (Å²) in [6, 6.07) is 5.72. The van der Waals surface area contributed by atoms with Crippen molar-refractivity contribution in [1.29, 1.82) is 0 Å². The lowest BCUT2D eigenvalue weighted by Crippen LogP contribution is -1.88. The fourth-order valence-corrected chi connectivity index (χ4v) is 1.15. The maximum atomic E-state index is 5.55. The number of rotatable bonds is 0. The van der Waals surface area contributed by atoms with E-state index in [4.69, 9.17) is 5.73 Å². The molecule has 2 heteroatoms. The van der Waals surface area contributed by atoms with Crippen molar-refractivity contribution in [2.75, 3.05) is 5.73 Å². The third-order valence-corrected chi connectivity index (χ3v) is 2.00. The van der Waals surface area contributed by atoms with E-state index in [2.05, 4.69) is 29.5 Å². The molecule has 2 N–H and O–H groups in total. The summed E-state index contributed by atoms with van der Waals surface area (Å²) in [7, 11) is 0. The number of nitrogen functional groups attached to an aromatic ring is 1. The number of anilines is 1. The molecule has 1 aromatic rings. The second-order valence-corrected chi connectivity index (χ2v) is 3.02. The highest BCUT2D eigenvalue weighted by molar-refractivity contribution is 14.1. The molecule has 1 aromatic carbocycles. The Hall–Kier alpha value is -0.250. The molecule has 1 nitrogen and oxygen atoms in total. The maximum Gasteiger partial charge on any atom is 0.0449 e. The highest BCUT2D eigenvalue weighted by Crippen LogP contribution is 2.14. The third kappa shape index (κ3) is 1.58. The molecule has 1 radical (unpaired) electrons. The summed E-state index contributed by atoms with van der Waals surface area (Å²) in [4.78, 5) is 0. The summed E-state index contributed by atoms with van der Waals surface area (Å²) in [6.07, 6.45) is 0. The van der Waals surface area contributed by atoms with Crippen LogP contribution in [0.1, 0.15) is 5.56 Å².